The Hall–Kier alpha value is -2.63. The van der Waals surface area contributed by atoms with Crippen LogP contribution >= 0.6 is 0 Å². The third kappa shape index (κ3) is 3.41. The number of benzene rings is 1. The Kier molecular flexibility index (Phi) is 4.41. The van der Waals surface area contributed by atoms with Crippen molar-refractivity contribution >= 4 is 11.9 Å². The van der Waals surface area contributed by atoms with Crippen LogP contribution in [0.1, 0.15) is 25.2 Å². The molecule has 1 aromatic carbocycles. The highest BCUT2D eigenvalue weighted by molar-refractivity contribution is 5.84. The molecule has 1 aliphatic heterocycles. The van der Waals surface area contributed by atoms with Gasteiger partial charge in [0, 0.05) is 24.9 Å². The van der Waals surface area contributed by atoms with E-state index in [1.807, 2.05) is 30.3 Å². The number of nitrogens with zero attached hydrogens (tertiary/aromatic N) is 2. The molecule has 1 aliphatic rings. The molecule has 1 fully saturated rings. The van der Waals surface area contributed by atoms with Crippen LogP contribution in [0.2, 0.25) is 0 Å². The van der Waals surface area contributed by atoms with Gasteiger partial charge in [0.15, 0.2) is 11.7 Å². The molecule has 1 N–H and O–H groups in total. The highest BCUT2D eigenvalue weighted by Gasteiger charge is 2.33. The lowest BCUT2D eigenvalue weighted by atomic mass is 10.2. The predicted octanol–water partition coefficient (Wildman–Crippen LogP) is 2.35. The summed E-state index contributed by atoms with van der Waals surface area (Å²) >= 11 is 0. The largest absolute Gasteiger partial charge is 0.480 e. The first kappa shape index (κ1) is 15.3. The summed E-state index contributed by atoms with van der Waals surface area (Å²) in [5.41, 5.74) is 0.933. The molecule has 1 amide bonds. The monoisotopic (exact) mass is 314 g/mol. The molecule has 120 valence electrons. The van der Waals surface area contributed by atoms with Crippen molar-refractivity contribution in [3.63, 3.8) is 0 Å². The first-order valence-corrected chi connectivity index (χ1v) is 7.67. The summed E-state index contributed by atoms with van der Waals surface area (Å²) in [5.74, 6) is 0.0635. The van der Waals surface area contributed by atoms with Gasteiger partial charge in [0.2, 0.25) is 5.91 Å². The van der Waals surface area contributed by atoms with Gasteiger partial charge in [-0.3, -0.25) is 4.79 Å². The Labute approximate surface area is 133 Å². The van der Waals surface area contributed by atoms with E-state index in [-0.39, 0.29) is 12.3 Å². The SMILES string of the molecule is O=C(O)C1CCCN1C(=O)CCc1ncc(-c2ccccc2)o1. The van der Waals surface area contributed by atoms with Crippen LogP contribution in [0.15, 0.2) is 40.9 Å². The number of carbonyl (C=O) groups excluding carboxylic acids is 1. The van der Waals surface area contributed by atoms with Crippen molar-refractivity contribution in [2.45, 2.75) is 31.7 Å². The van der Waals surface area contributed by atoms with Gasteiger partial charge >= 0.3 is 5.97 Å². The zero-order valence-corrected chi connectivity index (χ0v) is 12.6. The molecule has 0 saturated carbocycles. The van der Waals surface area contributed by atoms with E-state index in [9.17, 15) is 9.59 Å². The Morgan fingerprint density at radius 2 is 2.09 bits per heavy atom. The molecule has 1 atom stereocenters. The van der Waals surface area contributed by atoms with Crippen LogP contribution in [0.3, 0.4) is 0 Å². The molecule has 23 heavy (non-hydrogen) atoms. The lowest BCUT2D eigenvalue weighted by Gasteiger charge is -2.20. The second kappa shape index (κ2) is 6.64. The van der Waals surface area contributed by atoms with Crippen LogP contribution < -0.4 is 0 Å². The van der Waals surface area contributed by atoms with Crippen LogP contribution in [0, 0.1) is 0 Å². The van der Waals surface area contributed by atoms with Crippen LogP contribution in [-0.2, 0) is 16.0 Å². The van der Waals surface area contributed by atoms with Crippen molar-refractivity contribution in [3.8, 4) is 11.3 Å². The zero-order chi connectivity index (χ0) is 16.2. The Morgan fingerprint density at radius 3 is 2.83 bits per heavy atom. The average molecular weight is 314 g/mol. The predicted molar refractivity (Wildman–Crippen MR) is 82.6 cm³/mol. The third-order valence-corrected chi connectivity index (χ3v) is 4.02. The molecule has 1 aromatic heterocycles. The van der Waals surface area contributed by atoms with Gasteiger partial charge in [0.1, 0.15) is 6.04 Å². The van der Waals surface area contributed by atoms with Crippen molar-refractivity contribution in [1.29, 1.82) is 0 Å². The van der Waals surface area contributed by atoms with Gasteiger partial charge in [-0.15, -0.1) is 0 Å². The van der Waals surface area contributed by atoms with E-state index >= 15 is 0 Å². The molecular formula is C17H18N2O4. The minimum Gasteiger partial charge on any atom is -0.480 e. The summed E-state index contributed by atoms with van der Waals surface area (Å²) in [6, 6.07) is 8.93. The maximum atomic E-state index is 12.2. The number of aryl methyl sites for hydroxylation is 1. The summed E-state index contributed by atoms with van der Waals surface area (Å²) in [4.78, 5) is 29.0. The fourth-order valence-electron chi connectivity index (χ4n) is 2.84. The van der Waals surface area contributed by atoms with Gasteiger partial charge in [0.25, 0.3) is 0 Å². The van der Waals surface area contributed by atoms with E-state index < -0.39 is 12.0 Å². The van der Waals surface area contributed by atoms with E-state index in [4.69, 9.17) is 9.52 Å². The molecule has 1 saturated heterocycles. The number of oxazole rings is 1. The highest BCUT2D eigenvalue weighted by Crippen LogP contribution is 2.22. The number of rotatable bonds is 5. The van der Waals surface area contributed by atoms with Crippen molar-refractivity contribution in [2.75, 3.05) is 6.54 Å². The molecule has 6 nitrogen and oxygen atoms in total. The van der Waals surface area contributed by atoms with E-state index in [1.54, 1.807) is 6.20 Å². The van der Waals surface area contributed by atoms with Crippen LogP contribution in [0.5, 0.6) is 0 Å². The van der Waals surface area contributed by atoms with Crippen LogP contribution in [-0.4, -0.2) is 39.5 Å². The molecule has 0 bridgehead atoms. The van der Waals surface area contributed by atoms with Gasteiger partial charge < -0.3 is 14.4 Å². The van der Waals surface area contributed by atoms with E-state index in [0.717, 1.165) is 12.0 Å². The third-order valence-electron chi connectivity index (χ3n) is 4.02. The van der Waals surface area contributed by atoms with Gasteiger partial charge in [-0.2, -0.15) is 0 Å². The number of aliphatic carboxylic acids is 1. The number of aromatic nitrogens is 1. The molecule has 3 rings (SSSR count). The van der Waals surface area contributed by atoms with Crippen LogP contribution in [0.4, 0.5) is 0 Å². The molecule has 2 aromatic rings. The standard InChI is InChI=1S/C17H18N2O4/c20-16(19-10-4-7-13(19)17(21)22)9-8-15-18-11-14(23-15)12-5-2-1-3-6-12/h1-3,5-6,11,13H,4,7-10H2,(H,21,22). The first-order valence-electron chi connectivity index (χ1n) is 7.67. The number of hydrogen-bond acceptors (Lipinski definition) is 4. The normalized spacial score (nSPS) is 17.4. The Balaban J connectivity index is 1.60. The second-order valence-electron chi connectivity index (χ2n) is 5.57. The fourth-order valence-corrected chi connectivity index (χ4v) is 2.84. The van der Waals surface area contributed by atoms with E-state index in [2.05, 4.69) is 4.98 Å². The number of carbonyl (C=O) groups is 2. The van der Waals surface area contributed by atoms with Gasteiger partial charge in [-0.25, -0.2) is 9.78 Å². The number of amides is 1. The molecule has 0 radical (unpaired) electrons. The summed E-state index contributed by atoms with van der Waals surface area (Å²) in [5, 5.41) is 9.12. The number of hydrogen-bond donors (Lipinski definition) is 1. The minimum absolute atomic E-state index is 0.158. The lowest BCUT2D eigenvalue weighted by Crippen LogP contribution is -2.40. The molecule has 0 spiro atoms. The van der Waals surface area contributed by atoms with Crippen molar-refractivity contribution in [1.82, 2.24) is 9.88 Å². The molecule has 0 aliphatic carbocycles. The van der Waals surface area contributed by atoms with E-state index in [0.29, 0.717) is 31.0 Å². The smallest absolute Gasteiger partial charge is 0.326 e. The quantitative estimate of drug-likeness (QED) is 0.916. The van der Waals surface area contributed by atoms with Crippen LogP contribution in [0.25, 0.3) is 11.3 Å². The number of carboxylic acid groups (broad SMARTS) is 1. The lowest BCUT2D eigenvalue weighted by molar-refractivity contribution is -0.148. The Bertz CT molecular complexity index is 696. The second-order valence-corrected chi connectivity index (χ2v) is 5.57. The van der Waals surface area contributed by atoms with Gasteiger partial charge in [-0.05, 0) is 12.8 Å². The van der Waals surface area contributed by atoms with E-state index in [1.165, 1.54) is 4.90 Å². The van der Waals surface area contributed by atoms with Gasteiger partial charge in [-0.1, -0.05) is 30.3 Å². The van der Waals surface area contributed by atoms with Crippen molar-refractivity contribution in [3.05, 3.63) is 42.4 Å². The van der Waals surface area contributed by atoms with Crippen molar-refractivity contribution in [2.24, 2.45) is 0 Å². The molecule has 2 heterocycles. The summed E-state index contributed by atoms with van der Waals surface area (Å²) < 4.78 is 5.66. The maximum absolute atomic E-state index is 12.2. The summed E-state index contributed by atoms with van der Waals surface area (Å²) in [7, 11) is 0. The summed E-state index contributed by atoms with van der Waals surface area (Å²) in [6.07, 6.45) is 3.48. The number of carboxylic acids is 1. The summed E-state index contributed by atoms with van der Waals surface area (Å²) in [6.45, 7) is 0.511. The average Bonchev–Trinajstić information content (AvgIpc) is 3.23. The Morgan fingerprint density at radius 1 is 1.30 bits per heavy atom. The maximum Gasteiger partial charge on any atom is 0.326 e. The highest BCUT2D eigenvalue weighted by atomic mass is 16.4. The fraction of sp³-hybridized carbons (Fsp3) is 0.353. The molecule has 6 heteroatoms. The molecule has 1 unspecified atom stereocenters. The molecular weight excluding hydrogens is 296 g/mol. The topological polar surface area (TPSA) is 83.6 Å². The zero-order valence-electron chi connectivity index (χ0n) is 12.6. The number of likely N-dealkylation sites (tertiary alicyclic amines) is 1. The first-order chi connectivity index (χ1) is 11.1. The van der Waals surface area contributed by atoms with Crippen molar-refractivity contribution < 1.29 is 19.1 Å². The van der Waals surface area contributed by atoms with Gasteiger partial charge in [0.05, 0.1) is 6.20 Å². The minimum atomic E-state index is -0.932.